The van der Waals surface area contributed by atoms with E-state index in [4.69, 9.17) is 18.9 Å². The number of anilines is 1. The second kappa shape index (κ2) is 13.0. The second-order valence-electron chi connectivity index (χ2n) is 8.37. The van der Waals surface area contributed by atoms with Crippen LogP contribution in [0.4, 0.5) is 5.00 Å². The van der Waals surface area contributed by atoms with E-state index in [-0.39, 0.29) is 18.9 Å². The van der Waals surface area contributed by atoms with Crippen LogP contribution in [0.3, 0.4) is 0 Å². The van der Waals surface area contributed by atoms with Gasteiger partial charge in [0.05, 0.1) is 27.4 Å². The molecule has 0 aliphatic heterocycles. The zero-order valence-corrected chi connectivity index (χ0v) is 22.2. The highest BCUT2D eigenvalue weighted by Crippen LogP contribution is 2.39. The average Bonchev–Trinajstić information content (AvgIpc) is 3.30. The number of ether oxygens (including phenoxy) is 4. The van der Waals surface area contributed by atoms with Gasteiger partial charge in [-0.05, 0) is 54.7 Å². The lowest BCUT2D eigenvalue weighted by atomic mass is 10.0. The van der Waals surface area contributed by atoms with Gasteiger partial charge in [0.2, 0.25) is 5.91 Å². The first-order valence-electron chi connectivity index (χ1n) is 11.9. The third-order valence-electron chi connectivity index (χ3n) is 5.58. The van der Waals surface area contributed by atoms with E-state index in [1.54, 1.807) is 33.3 Å². The fourth-order valence-electron chi connectivity index (χ4n) is 3.63. The Morgan fingerprint density at radius 2 is 1.72 bits per heavy atom. The molecule has 2 aromatic carbocycles. The third kappa shape index (κ3) is 6.79. The van der Waals surface area contributed by atoms with Gasteiger partial charge in [-0.15, -0.1) is 11.3 Å². The Hall–Kier alpha value is -3.52. The van der Waals surface area contributed by atoms with Crippen LogP contribution in [0, 0.1) is 0 Å². The molecule has 0 aliphatic carbocycles. The number of carbonyl (C=O) groups is 2. The first-order valence-corrected chi connectivity index (χ1v) is 12.8. The van der Waals surface area contributed by atoms with Crippen LogP contribution in [-0.2, 0) is 9.53 Å². The van der Waals surface area contributed by atoms with Gasteiger partial charge in [0.25, 0.3) is 0 Å². The molecular weight excluding hydrogens is 478 g/mol. The molecular formula is C28H33NO6S. The normalized spacial score (nSPS) is 10.7. The summed E-state index contributed by atoms with van der Waals surface area (Å²) in [6.45, 7) is 6.68. The average molecular weight is 512 g/mol. The van der Waals surface area contributed by atoms with Crippen molar-refractivity contribution in [3.8, 4) is 28.4 Å². The van der Waals surface area contributed by atoms with E-state index in [9.17, 15) is 9.59 Å². The molecule has 0 radical (unpaired) electrons. The topological polar surface area (TPSA) is 83.1 Å². The SMILES string of the molecule is CCOC(=O)c1c(-c2ccc(OC)c(OC)c2)csc1NC(=O)CCCOc1ccc(C(C)C)cc1. The highest BCUT2D eigenvalue weighted by molar-refractivity contribution is 7.15. The molecule has 0 bridgehead atoms. The van der Waals surface area contributed by atoms with Crippen molar-refractivity contribution in [2.75, 3.05) is 32.8 Å². The molecule has 0 unspecified atom stereocenters. The van der Waals surface area contributed by atoms with E-state index < -0.39 is 5.97 Å². The van der Waals surface area contributed by atoms with Gasteiger partial charge in [0.15, 0.2) is 11.5 Å². The smallest absolute Gasteiger partial charge is 0.341 e. The van der Waals surface area contributed by atoms with E-state index in [1.165, 1.54) is 16.9 Å². The molecule has 7 nitrogen and oxygen atoms in total. The van der Waals surface area contributed by atoms with Crippen molar-refractivity contribution in [1.82, 2.24) is 0 Å². The van der Waals surface area contributed by atoms with Gasteiger partial charge < -0.3 is 24.3 Å². The zero-order chi connectivity index (χ0) is 26.1. The lowest BCUT2D eigenvalue weighted by Gasteiger charge is -2.11. The highest BCUT2D eigenvalue weighted by Gasteiger charge is 2.23. The molecule has 192 valence electrons. The van der Waals surface area contributed by atoms with Crippen LogP contribution in [0.2, 0.25) is 0 Å². The lowest BCUT2D eigenvalue weighted by molar-refractivity contribution is -0.116. The fraction of sp³-hybridized carbons (Fsp3) is 0.357. The molecule has 1 heterocycles. The number of amides is 1. The van der Waals surface area contributed by atoms with Crippen LogP contribution in [0.5, 0.6) is 17.2 Å². The van der Waals surface area contributed by atoms with E-state index in [1.807, 2.05) is 23.6 Å². The molecule has 0 fully saturated rings. The molecule has 0 aliphatic rings. The van der Waals surface area contributed by atoms with Crippen molar-refractivity contribution < 1.29 is 28.5 Å². The number of hydrogen-bond acceptors (Lipinski definition) is 7. The first-order chi connectivity index (χ1) is 17.4. The van der Waals surface area contributed by atoms with Crippen molar-refractivity contribution in [3.63, 3.8) is 0 Å². The first kappa shape index (κ1) is 27.1. The number of esters is 1. The molecule has 1 aromatic heterocycles. The molecule has 0 saturated carbocycles. The Morgan fingerprint density at radius 1 is 1.00 bits per heavy atom. The largest absolute Gasteiger partial charge is 0.494 e. The summed E-state index contributed by atoms with van der Waals surface area (Å²) in [5.74, 6) is 1.68. The Kier molecular flexibility index (Phi) is 9.76. The van der Waals surface area contributed by atoms with Crippen LogP contribution in [0.15, 0.2) is 47.8 Å². The monoisotopic (exact) mass is 511 g/mol. The lowest BCUT2D eigenvalue weighted by Crippen LogP contribution is -2.15. The number of methoxy groups -OCH3 is 2. The molecule has 3 aromatic rings. The van der Waals surface area contributed by atoms with E-state index in [0.717, 1.165) is 11.3 Å². The number of hydrogen-bond donors (Lipinski definition) is 1. The number of carbonyl (C=O) groups excluding carboxylic acids is 2. The molecule has 0 atom stereocenters. The Balaban J connectivity index is 1.67. The number of nitrogens with one attached hydrogen (secondary N) is 1. The summed E-state index contributed by atoms with van der Waals surface area (Å²) >= 11 is 1.28. The number of benzene rings is 2. The molecule has 3 rings (SSSR count). The number of rotatable bonds is 12. The van der Waals surface area contributed by atoms with Crippen LogP contribution < -0.4 is 19.5 Å². The maximum atomic E-state index is 12.8. The van der Waals surface area contributed by atoms with Crippen LogP contribution in [0.1, 0.15) is 55.5 Å². The molecule has 36 heavy (non-hydrogen) atoms. The Bertz CT molecular complexity index is 1170. The van der Waals surface area contributed by atoms with Crippen LogP contribution in [-0.4, -0.2) is 39.3 Å². The quantitative estimate of drug-likeness (QED) is 0.220. The van der Waals surface area contributed by atoms with E-state index >= 15 is 0 Å². The second-order valence-corrected chi connectivity index (χ2v) is 9.25. The van der Waals surface area contributed by atoms with Crippen molar-refractivity contribution in [3.05, 3.63) is 59.0 Å². The summed E-state index contributed by atoms with van der Waals surface area (Å²) in [6, 6.07) is 13.4. The summed E-state index contributed by atoms with van der Waals surface area (Å²) in [5.41, 5.74) is 2.98. The van der Waals surface area contributed by atoms with Gasteiger partial charge in [-0.3, -0.25) is 4.79 Å². The summed E-state index contributed by atoms with van der Waals surface area (Å²) in [5, 5.41) is 5.16. The van der Waals surface area contributed by atoms with Gasteiger partial charge >= 0.3 is 5.97 Å². The zero-order valence-electron chi connectivity index (χ0n) is 21.4. The number of thiophene rings is 1. The summed E-state index contributed by atoms with van der Waals surface area (Å²) in [7, 11) is 3.12. The molecule has 8 heteroatoms. The van der Waals surface area contributed by atoms with E-state index in [0.29, 0.717) is 46.6 Å². The summed E-state index contributed by atoms with van der Waals surface area (Å²) in [6.07, 6.45) is 0.802. The Labute approximate surface area is 216 Å². The predicted octanol–water partition coefficient (Wildman–Crippen LogP) is 6.53. The predicted molar refractivity (Wildman–Crippen MR) is 143 cm³/mol. The standard InChI is InChI=1S/C28H33NO6S/c1-6-34-28(31)26-22(20-11-14-23(32-4)24(16-20)33-5)17-36-27(26)29-25(30)8-7-15-35-21-12-9-19(10-13-21)18(2)3/h9-14,16-18H,6-8,15H2,1-5H3,(H,29,30). The van der Waals surface area contributed by atoms with Gasteiger partial charge in [-0.2, -0.15) is 0 Å². The van der Waals surface area contributed by atoms with Gasteiger partial charge in [-0.25, -0.2) is 4.79 Å². The van der Waals surface area contributed by atoms with Crippen molar-refractivity contribution in [1.29, 1.82) is 0 Å². The van der Waals surface area contributed by atoms with Gasteiger partial charge in [-0.1, -0.05) is 32.0 Å². The van der Waals surface area contributed by atoms with Crippen LogP contribution in [0.25, 0.3) is 11.1 Å². The highest BCUT2D eigenvalue weighted by atomic mass is 32.1. The minimum atomic E-state index is -0.494. The summed E-state index contributed by atoms with van der Waals surface area (Å²) in [4.78, 5) is 25.5. The van der Waals surface area contributed by atoms with Crippen LogP contribution >= 0.6 is 11.3 Å². The minimum absolute atomic E-state index is 0.194. The fourth-order valence-corrected chi connectivity index (χ4v) is 4.61. The van der Waals surface area contributed by atoms with Crippen molar-refractivity contribution in [2.24, 2.45) is 0 Å². The molecule has 1 amide bonds. The third-order valence-corrected chi connectivity index (χ3v) is 6.48. The van der Waals surface area contributed by atoms with Crippen molar-refractivity contribution in [2.45, 2.75) is 39.5 Å². The summed E-state index contributed by atoms with van der Waals surface area (Å²) < 4.78 is 21.8. The van der Waals surface area contributed by atoms with Gasteiger partial charge in [0.1, 0.15) is 16.3 Å². The maximum Gasteiger partial charge on any atom is 0.341 e. The maximum absolute atomic E-state index is 12.8. The van der Waals surface area contributed by atoms with Gasteiger partial charge in [0, 0.05) is 17.4 Å². The minimum Gasteiger partial charge on any atom is -0.494 e. The van der Waals surface area contributed by atoms with Crippen molar-refractivity contribution >= 4 is 28.2 Å². The molecule has 1 N–H and O–H groups in total. The Morgan fingerprint density at radius 3 is 2.36 bits per heavy atom. The molecule has 0 saturated heterocycles. The van der Waals surface area contributed by atoms with E-state index in [2.05, 4.69) is 31.3 Å². The molecule has 0 spiro atoms.